The predicted octanol–water partition coefficient (Wildman–Crippen LogP) is 5.54. The van der Waals surface area contributed by atoms with E-state index in [1.807, 2.05) is 0 Å². The first-order valence-corrected chi connectivity index (χ1v) is 14.5. The number of fused-ring (bicyclic) bond motifs is 5. The van der Waals surface area contributed by atoms with Gasteiger partial charge in [0.25, 0.3) is 0 Å². The van der Waals surface area contributed by atoms with Crippen LogP contribution in [0.5, 0.6) is 0 Å². The molecule has 4 aliphatic carbocycles. The second kappa shape index (κ2) is 10.6. The lowest BCUT2D eigenvalue weighted by atomic mass is 9.39. The van der Waals surface area contributed by atoms with Crippen molar-refractivity contribution in [2.75, 3.05) is 20.3 Å². The number of ether oxygens (including phenoxy) is 3. The van der Waals surface area contributed by atoms with E-state index in [0.29, 0.717) is 42.6 Å². The highest BCUT2D eigenvalue weighted by molar-refractivity contribution is 5.69. The van der Waals surface area contributed by atoms with Gasteiger partial charge in [0.05, 0.1) is 26.4 Å². The van der Waals surface area contributed by atoms with Crippen LogP contribution in [0.25, 0.3) is 0 Å². The van der Waals surface area contributed by atoms with E-state index in [4.69, 9.17) is 14.2 Å². The van der Waals surface area contributed by atoms with Crippen molar-refractivity contribution in [2.45, 2.75) is 111 Å². The summed E-state index contributed by atoms with van der Waals surface area (Å²) in [7, 11) is 1.47. The molecule has 0 aromatic heterocycles. The van der Waals surface area contributed by atoms with Gasteiger partial charge in [0, 0.05) is 19.3 Å². The Labute approximate surface area is 218 Å². The van der Waals surface area contributed by atoms with E-state index in [1.54, 1.807) is 6.92 Å². The van der Waals surface area contributed by atoms with Gasteiger partial charge in [-0.25, -0.2) is 0 Å². The molecule has 0 aromatic rings. The molecule has 10 atom stereocenters. The number of aliphatic hydroxyl groups is 1. The first-order chi connectivity index (χ1) is 17.0. The molecule has 0 aromatic carbocycles. The van der Waals surface area contributed by atoms with E-state index in [-0.39, 0.29) is 47.0 Å². The maximum Gasteiger partial charge on any atom is 0.305 e. The van der Waals surface area contributed by atoms with Crippen molar-refractivity contribution in [1.82, 2.24) is 0 Å². The van der Waals surface area contributed by atoms with Crippen molar-refractivity contribution < 1.29 is 28.9 Å². The van der Waals surface area contributed by atoms with Crippen LogP contribution >= 0.6 is 0 Å². The lowest BCUT2D eigenvalue weighted by Gasteiger charge is -2.66. The Kier molecular flexibility index (Phi) is 8.17. The van der Waals surface area contributed by atoms with Crippen LogP contribution in [0.3, 0.4) is 0 Å². The van der Waals surface area contributed by atoms with Crippen LogP contribution in [0.2, 0.25) is 0 Å². The third kappa shape index (κ3) is 4.74. The van der Waals surface area contributed by atoms with Crippen LogP contribution in [0, 0.1) is 45.8 Å². The van der Waals surface area contributed by atoms with Crippen LogP contribution < -0.4 is 0 Å². The number of rotatable bonds is 8. The van der Waals surface area contributed by atoms with E-state index in [9.17, 15) is 14.7 Å². The van der Waals surface area contributed by atoms with Crippen molar-refractivity contribution in [3.63, 3.8) is 0 Å². The molecule has 4 saturated carbocycles. The summed E-state index contributed by atoms with van der Waals surface area (Å²) >= 11 is 0. The minimum atomic E-state index is -0.164. The second-order valence-corrected chi connectivity index (χ2v) is 13.4. The summed E-state index contributed by atoms with van der Waals surface area (Å²) in [6.45, 7) is 11.8. The van der Waals surface area contributed by atoms with E-state index < -0.39 is 0 Å². The molecular formula is C30H50O6. The van der Waals surface area contributed by atoms with Crippen LogP contribution in [0.15, 0.2) is 0 Å². The molecule has 0 aliphatic heterocycles. The Hall–Kier alpha value is -1.14. The van der Waals surface area contributed by atoms with Gasteiger partial charge in [-0.2, -0.15) is 0 Å². The van der Waals surface area contributed by atoms with Gasteiger partial charge in [0.2, 0.25) is 0 Å². The second-order valence-electron chi connectivity index (χ2n) is 13.4. The minimum absolute atomic E-state index is 0.0454. The van der Waals surface area contributed by atoms with Gasteiger partial charge in [-0.15, -0.1) is 0 Å². The zero-order valence-corrected chi connectivity index (χ0v) is 23.5. The highest BCUT2D eigenvalue weighted by atomic mass is 16.5. The van der Waals surface area contributed by atoms with Crippen molar-refractivity contribution in [3.8, 4) is 0 Å². The lowest BCUT2D eigenvalue weighted by Crippen LogP contribution is -2.63. The molecule has 0 spiro atoms. The van der Waals surface area contributed by atoms with E-state index >= 15 is 0 Å². The summed E-state index contributed by atoms with van der Waals surface area (Å²) in [6, 6.07) is 0. The number of hydrogen-bond donors (Lipinski definition) is 1. The molecule has 0 amide bonds. The number of carbonyl (C=O) groups excluding carboxylic acids is 2. The minimum Gasteiger partial charge on any atom is -0.469 e. The molecule has 0 saturated heterocycles. The highest BCUT2D eigenvalue weighted by Gasteiger charge is 2.66. The predicted molar refractivity (Wildman–Crippen MR) is 138 cm³/mol. The van der Waals surface area contributed by atoms with E-state index in [1.165, 1.54) is 32.8 Å². The van der Waals surface area contributed by atoms with Gasteiger partial charge < -0.3 is 19.3 Å². The SMILES string of the molecule is COC(=O)CCC(C)C1CC[C@H]2[C@H]3C(CC[C@]12C)[C@@]1(C)CC[C@H](OCCO)C[C@@]1(C)C[C@H]3OC(C)=O. The third-order valence-corrected chi connectivity index (χ3v) is 11.8. The maximum atomic E-state index is 12.3. The summed E-state index contributed by atoms with van der Waals surface area (Å²) in [6.07, 6.45) is 10.3. The zero-order valence-electron chi connectivity index (χ0n) is 23.5. The normalized spacial score (nSPS) is 44.6. The quantitative estimate of drug-likeness (QED) is 0.435. The Balaban J connectivity index is 1.60. The first-order valence-electron chi connectivity index (χ1n) is 14.5. The van der Waals surface area contributed by atoms with Gasteiger partial charge >= 0.3 is 11.9 Å². The average molecular weight is 507 g/mol. The smallest absolute Gasteiger partial charge is 0.305 e. The number of hydrogen-bond acceptors (Lipinski definition) is 6. The molecule has 0 bridgehead atoms. The Morgan fingerprint density at radius 1 is 1.03 bits per heavy atom. The maximum absolute atomic E-state index is 12.3. The fourth-order valence-corrected chi connectivity index (χ4v) is 9.91. The summed E-state index contributed by atoms with van der Waals surface area (Å²) < 4.78 is 17.1. The van der Waals surface area contributed by atoms with Crippen LogP contribution in [0.4, 0.5) is 0 Å². The largest absolute Gasteiger partial charge is 0.469 e. The number of aliphatic hydroxyl groups excluding tert-OH is 1. The lowest BCUT2D eigenvalue weighted by molar-refractivity contribution is -0.224. The fourth-order valence-electron chi connectivity index (χ4n) is 9.91. The number of carbonyl (C=O) groups is 2. The van der Waals surface area contributed by atoms with Gasteiger partial charge in [-0.1, -0.05) is 27.7 Å². The summed E-state index contributed by atoms with van der Waals surface area (Å²) in [5.41, 5.74) is 0.468. The molecule has 4 rings (SSSR count). The van der Waals surface area contributed by atoms with Crippen molar-refractivity contribution in [1.29, 1.82) is 0 Å². The topological polar surface area (TPSA) is 82.1 Å². The fraction of sp³-hybridized carbons (Fsp3) is 0.933. The molecule has 0 heterocycles. The van der Waals surface area contributed by atoms with Crippen molar-refractivity contribution in [2.24, 2.45) is 45.8 Å². The molecule has 36 heavy (non-hydrogen) atoms. The van der Waals surface area contributed by atoms with Crippen LogP contribution in [-0.4, -0.2) is 49.6 Å². The molecule has 206 valence electrons. The van der Waals surface area contributed by atoms with Crippen LogP contribution in [-0.2, 0) is 23.8 Å². The summed E-state index contributed by atoms with van der Waals surface area (Å²) in [4.78, 5) is 24.2. The molecule has 0 radical (unpaired) electrons. The Morgan fingerprint density at radius 3 is 2.44 bits per heavy atom. The van der Waals surface area contributed by atoms with Gasteiger partial charge in [-0.3, -0.25) is 9.59 Å². The molecule has 4 fully saturated rings. The number of esters is 2. The molecule has 4 aliphatic rings. The van der Waals surface area contributed by atoms with Crippen molar-refractivity contribution in [3.05, 3.63) is 0 Å². The van der Waals surface area contributed by atoms with Gasteiger partial charge in [-0.05, 0) is 97.7 Å². The van der Waals surface area contributed by atoms with E-state index in [2.05, 4.69) is 27.7 Å². The summed E-state index contributed by atoms with van der Waals surface area (Å²) in [5.74, 6) is 2.29. The Morgan fingerprint density at radius 2 is 1.78 bits per heavy atom. The average Bonchev–Trinajstić information content (AvgIpc) is 3.18. The molecule has 1 N–H and O–H groups in total. The van der Waals surface area contributed by atoms with Crippen LogP contribution in [0.1, 0.15) is 98.8 Å². The van der Waals surface area contributed by atoms with Gasteiger partial charge in [0.1, 0.15) is 6.10 Å². The Bertz CT molecular complexity index is 813. The van der Waals surface area contributed by atoms with E-state index in [0.717, 1.165) is 32.1 Å². The zero-order chi connectivity index (χ0) is 26.3. The highest BCUT2D eigenvalue weighted by Crippen LogP contribution is 2.71. The molecule has 3 unspecified atom stereocenters. The standard InChI is InChI=1S/C30H50O6/c1-19(7-10-26(33)34-6)22-8-9-23-27-24(12-13-29(22,23)4)30(5)14-11-21(35-16-15-31)17-28(30,3)18-25(27)36-20(2)32/h19,21-25,27,31H,7-18H2,1-6H3/t19?,21-,22?,23-,24?,25+,27-,28-,29+,30+/m0/s1. The summed E-state index contributed by atoms with van der Waals surface area (Å²) in [5, 5.41) is 9.28. The molecular weight excluding hydrogens is 456 g/mol. The monoisotopic (exact) mass is 506 g/mol. The third-order valence-electron chi connectivity index (χ3n) is 11.8. The molecule has 6 nitrogen and oxygen atoms in total. The molecule has 6 heteroatoms. The number of methoxy groups -OCH3 is 1. The van der Waals surface area contributed by atoms with Crippen molar-refractivity contribution >= 4 is 11.9 Å². The first kappa shape index (κ1) is 27.9. The van der Waals surface area contributed by atoms with Gasteiger partial charge in [0.15, 0.2) is 0 Å².